The molecule has 0 amide bonds. The van der Waals surface area contributed by atoms with E-state index < -0.39 is 0 Å². The van der Waals surface area contributed by atoms with E-state index in [0.29, 0.717) is 21.6 Å². The van der Waals surface area contributed by atoms with Crippen molar-refractivity contribution in [2.75, 3.05) is 0 Å². The third kappa shape index (κ3) is 3.37. The Morgan fingerprint density at radius 2 is 1.84 bits per heavy atom. The third-order valence-electron chi connectivity index (χ3n) is 4.38. The molecule has 128 valence electrons. The maximum atomic E-state index is 12.7. The molecule has 0 N–H and O–H groups in total. The van der Waals surface area contributed by atoms with Gasteiger partial charge in [-0.3, -0.25) is 14.2 Å². The van der Waals surface area contributed by atoms with Gasteiger partial charge in [0, 0.05) is 12.6 Å². The Morgan fingerprint density at radius 3 is 2.56 bits per heavy atom. The molecule has 3 rings (SSSR count). The molecule has 1 atom stereocenters. The van der Waals surface area contributed by atoms with E-state index in [-0.39, 0.29) is 16.6 Å². The third-order valence-corrected chi connectivity index (χ3v) is 5.53. The number of carbonyl (C=O) groups is 1. The van der Waals surface area contributed by atoms with Crippen LogP contribution >= 0.6 is 11.8 Å². The first kappa shape index (κ1) is 17.4. The number of fused-ring (bicyclic) bond motifs is 1. The zero-order chi connectivity index (χ0) is 18.1. The molecule has 0 aliphatic rings. The number of aryl methyl sites for hydroxylation is 2. The molecule has 1 aromatic heterocycles. The number of para-hydroxylation sites is 1. The fourth-order valence-corrected chi connectivity index (χ4v) is 3.60. The van der Waals surface area contributed by atoms with Gasteiger partial charge in [0.05, 0.1) is 16.2 Å². The number of nitrogens with zero attached hydrogens (tertiary/aromatic N) is 2. The average molecular weight is 352 g/mol. The maximum absolute atomic E-state index is 12.7. The maximum Gasteiger partial charge on any atom is 0.261 e. The van der Waals surface area contributed by atoms with Crippen LogP contribution in [0.25, 0.3) is 10.9 Å². The van der Waals surface area contributed by atoms with Gasteiger partial charge >= 0.3 is 0 Å². The highest BCUT2D eigenvalue weighted by atomic mass is 32.2. The molecule has 1 heterocycles. The Morgan fingerprint density at radius 1 is 1.12 bits per heavy atom. The standard InChI is InChI=1S/C20H20N2O2S/c1-12-9-10-15(11-13(12)2)18(23)14(3)25-20-21-17-8-6-5-7-16(17)19(24)22(20)4/h5-11,14H,1-4H3. The zero-order valence-corrected chi connectivity index (χ0v) is 15.6. The van der Waals surface area contributed by atoms with Crippen molar-refractivity contribution >= 4 is 28.4 Å². The molecular weight excluding hydrogens is 332 g/mol. The van der Waals surface area contributed by atoms with E-state index in [1.54, 1.807) is 13.1 Å². The highest BCUT2D eigenvalue weighted by molar-refractivity contribution is 8.00. The molecule has 0 fully saturated rings. The van der Waals surface area contributed by atoms with Crippen molar-refractivity contribution in [2.45, 2.75) is 31.2 Å². The van der Waals surface area contributed by atoms with Gasteiger partial charge in [-0.05, 0) is 50.1 Å². The summed E-state index contributed by atoms with van der Waals surface area (Å²) in [5, 5.41) is 0.803. The van der Waals surface area contributed by atoms with Gasteiger partial charge in [-0.15, -0.1) is 0 Å². The Hall–Kier alpha value is -2.40. The van der Waals surface area contributed by atoms with Gasteiger partial charge in [-0.2, -0.15) is 0 Å². The number of rotatable bonds is 4. The molecule has 0 aliphatic heterocycles. The molecule has 25 heavy (non-hydrogen) atoms. The second kappa shape index (κ2) is 6.84. The molecule has 0 radical (unpaired) electrons. The first-order chi connectivity index (χ1) is 11.9. The predicted molar refractivity (Wildman–Crippen MR) is 103 cm³/mol. The van der Waals surface area contributed by atoms with Crippen LogP contribution in [0.3, 0.4) is 0 Å². The van der Waals surface area contributed by atoms with Crippen molar-refractivity contribution in [3.05, 3.63) is 69.5 Å². The monoisotopic (exact) mass is 352 g/mol. The van der Waals surface area contributed by atoms with Gasteiger partial charge in [0.25, 0.3) is 5.56 Å². The number of aromatic nitrogens is 2. The quantitative estimate of drug-likeness (QED) is 0.406. The van der Waals surface area contributed by atoms with E-state index in [4.69, 9.17) is 0 Å². The molecule has 5 heteroatoms. The zero-order valence-electron chi connectivity index (χ0n) is 14.7. The minimum Gasteiger partial charge on any atom is -0.293 e. The smallest absolute Gasteiger partial charge is 0.261 e. The highest BCUT2D eigenvalue weighted by Gasteiger charge is 2.20. The number of carbonyl (C=O) groups excluding carboxylic acids is 1. The summed E-state index contributed by atoms with van der Waals surface area (Å²) >= 11 is 1.31. The molecule has 3 aromatic rings. The van der Waals surface area contributed by atoms with E-state index in [0.717, 1.165) is 11.1 Å². The molecule has 0 bridgehead atoms. The van der Waals surface area contributed by atoms with Crippen LogP contribution < -0.4 is 5.56 Å². The van der Waals surface area contributed by atoms with Crippen molar-refractivity contribution in [3.8, 4) is 0 Å². The Labute approximate surface area is 150 Å². The number of hydrogen-bond acceptors (Lipinski definition) is 4. The van der Waals surface area contributed by atoms with Crippen LogP contribution in [-0.2, 0) is 7.05 Å². The molecule has 2 aromatic carbocycles. The van der Waals surface area contributed by atoms with Gasteiger partial charge in [0.1, 0.15) is 0 Å². The fourth-order valence-electron chi connectivity index (χ4n) is 2.64. The van der Waals surface area contributed by atoms with Crippen LogP contribution in [-0.4, -0.2) is 20.6 Å². The molecule has 0 saturated carbocycles. The molecule has 0 spiro atoms. The molecule has 1 unspecified atom stereocenters. The van der Waals surface area contributed by atoms with E-state index in [1.807, 2.05) is 57.2 Å². The summed E-state index contributed by atoms with van der Waals surface area (Å²) in [4.78, 5) is 29.8. The summed E-state index contributed by atoms with van der Waals surface area (Å²) in [6.07, 6.45) is 0. The Kier molecular flexibility index (Phi) is 4.77. The van der Waals surface area contributed by atoms with Crippen LogP contribution in [0.2, 0.25) is 0 Å². The summed E-state index contributed by atoms with van der Waals surface area (Å²) < 4.78 is 1.51. The molecular formula is C20H20N2O2S. The molecule has 4 nitrogen and oxygen atoms in total. The minimum atomic E-state index is -0.332. The van der Waals surface area contributed by atoms with Gasteiger partial charge < -0.3 is 0 Å². The summed E-state index contributed by atoms with van der Waals surface area (Å²) in [5.41, 5.74) is 3.50. The number of hydrogen-bond donors (Lipinski definition) is 0. The second-order valence-electron chi connectivity index (χ2n) is 6.20. The largest absolute Gasteiger partial charge is 0.293 e. The normalized spacial score (nSPS) is 12.3. The fraction of sp³-hybridized carbons (Fsp3) is 0.250. The first-order valence-corrected chi connectivity index (χ1v) is 9.00. The number of benzene rings is 2. The summed E-state index contributed by atoms with van der Waals surface area (Å²) in [6, 6.07) is 13.0. The average Bonchev–Trinajstić information content (AvgIpc) is 2.61. The number of ketones is 1. The first-order valence-electron chi connectivity index (χ1n) is 8.12. The highest BCUT2D eigenvalue weighted by Crippen LogP contribution is 2.25. The summed E-state index contributed by atoms with van der Waals surface area (Å²) in [5.74, 6) is 0.0375. The van der Waals surface area contributed by atoms with Crippen molar-refractivity contribution in [3.63, 3.8) is 0 Å². The van der Waals surface area contributed by atoms with Crippen LogP contribution in [0, 0.1) is 13.8 Å². The van der Waals surface area contributed by atoms with Crippen LogP contribution in [0.4, 0.5) is 0 Å². The van der Waals surface area contributed by atoms with E-state index >= 15 is 0 Å². The molecule has 0 aliphatic carbocycles. The van der Waals surface area contributed by atoms with E-state index in [1.165, 1.54) is 16.3 Å². The predicted octanol–water partition coefficient (Wildman–Crippen LogP) is 3.91. The van der Waals surface area contributed by atoms with Gasteiger partial charge in [0.15, 0.2) is 10.9 Å². The lowest BCUT2D eigenvalue weighted by Gasteiger charge is -2.14. The Balaban J connectivity index is 1.92. The number of Topliss-reactive ketones (excluding diaryl/α,β-unsaturated/α-hetero) is 1. The Bertz CT molecular complexity index is 1020. The topological polar surface area (TPSA) is 52.0 Å². The van der Waals surface area contributed by atoms with Gasteiger partial charge in [-0.25, -0.2) is 4.98 Å². The van der Waals surface area contributed by atoms with E-state index in [9.17, 15) is 9.59 Å². The van der Waals surface area contributed by atoms with Crippen LogP contribution in [0.1, 0.15) is 28.4 Å². The van der Waals surface area contributed by atoms with Gasteiger partial charge in [0.2, 0.25) is 0 Å². The van der Waals surface area contributed by atoms with Crippen molar-refractivity contribution < 1.29 is 4.79 Å². The van der Waals surface area contributed by atoms with Crippen molar-refractivity contribution in [2.24, 2.45) is 7.05 Å². The van der Waals surface area contributed by atoms with Crippen LogP contribution in [0.15, 0.2) is 52.4 Å². The summed E-state index contributed by atoms with van der Waals surface area (Å²) in [6.45, 7) is 5.87. The second-order valence-corrected chi connectivity index (χ2v) is 7.51. The molecule has 0 saturated heterocycles. The van der Waals surface area contributed by atoms with Crippen LogP contribution in [0.5, 0.6) is 0 Å². The van der Waals surface area contributed by atoms with Gasteiger partial charge in [-0.1, -0.05) is 36.0 Å². The minimum absolute atomic E-state index is 0.0375. The van der Waals surface area contributed by atoms with Crippen molar-refractivity contribution in [1.29, 1.82) is 0 Å². The lowest BCUT2D eigenvalue weighted by atomic mass is 10.0. The summed E-state index contributed by atoms with van der Waals surface area (Å²) in [7, 11) is 1.69. The van der Waals surface area contributed by atoms with Crippen molar-refractivity contribution in [1.82, 2.24) is 9.55 Å². The number of thioether (sulfide) groups is 1. The SMILES string of the molecule is Cc1ccc(C(=O)C(C)Sc2nc3ccccc3c(=O)n2C)cc1C. The lowest BCUT2D eigenvalue weighted by Crippen LogP contribution is -2.22. The lowest BCUT2D eigenvalue weighted by molar-refractivity contribution is 0.0993. The van der Waals surface area contributed by atoms with E-state index in [2.05, 4.69) is 4.98 Å².